The van der Waals surface area contributed by atoms with Crippen LogP contribution in [0.25, 0.3) is 40.0 Å². The number of hydrogen-bond donors (Lipinski definition) is 1. The Morgan fingerprint density at radius 3 is 2.50 bits per heavy atom. The summed E-state index contributed by atoms with van der Waals surface area (Å²) in [6.07, 6.45) is 3.84. The fourth-order valence-corrected chi connectivity index (χ4v) is 4.39. The van der Waals surface area contributed by atoms with E-state index in [4.69, 9.17) is 43.6 Å². The van der Waals surface area contributed by atoms with E-state index in [2.05, 4.69) is 17.2 Å². The number of nitrogens with one attached hydrogen (secondary N) is 1. The third kappa shape index (κ3) is 5.34. The molecule has 0 atom stereocenters. The van der Waals surface area contributed by atoms with Gasteiger partial charge in [-0.25, -0.2) is 4.98 Å². The van der Waals surface area contributed by atoms with Crippen molar-refractivity contribution in [1.29, 1.82) is 0 Å². The number of rotatable bonds is 6. The van der Waals surface area contributed by atoms with E-state index in [0.29, 0.717) is 49.3 Å². The molecule has 0 unspecified atom stereocenters. The van der Waals surface area contributed by atoms with E-state index < -0.39 is 0 Å². The van der Waals surface area contributed by atoms with Crippen LogP contribution >= 0.6 is 34.8 Å². The predicted octanol–water partition coefficient (Wildman–Crippen LogP) is 8.93. The highest BCUT2D eigenvalue weighted by Crippen LogP contribution is 2.31. The average molecular weight is 538 g/mol. The Labute approximate surface area is 222 Å². The lowest BCUT2D eigenvalue weighted by Gasteiger charge is -2.06. The second-order valence-corrected chi connectivity index (χ2v) is 9.33. The summed E-state index contributed by atoms with van der Waals surface area (Å²) in [4.78, 5) is 17.2. The quantitative estimate of drug-likeness (QED) is 0.220. The third-order valence-corrected chi connectivity index (χ3v) is 6.27. The van der Waals surface area contributed by atoms with Crippen molar-refractivity contribution < 1.29 is 13.6 Å². The number of benzene rings is 3. The van der Waals surface area contributed by atoms with Crippen LogP contribution in [0.3, 0.4) is 0 Å². The Bertz CT molecular complexity index is 1600. The van der Waals surface area contributed by atoms with Gasteiger partial charge < -0.3 is 14.2 Å². The Balaban J connectivity index is 1.32. The number of hydrogen-bond acceptors (Lipinski definition) is 4. The molecule has 0 saturated heterocycles. The van der Waals surface area contributed by atoms with Gasteiger partial charge in [0.15, 0.2) is 5.58 Å². The number of nitrogens with zero attached hydrogens (tertiary/aromatic N) is 1. The molecule has 0 radical (unpaired) electrons. The molecule has 8 heteroatoms. The smallest absolute Gasteiger partial charge is 0.248 e. The highest BCUT2D eigenvalue weighted by Gasteiger charge is 2.12. The van der Waals surface area contributed by atoms with E-state index in [0.717, 1.165) is 17.5 Å². The Morgan fingerprint density at radius 1 is 0.917 bits per heavy atom. The maximum Gasteiger partial charge on any atom is 0.248 e. The lowest BCUT2D eigenvalue weighted by molar-refractivity contribution is -0.111. The van der Waals surface area contributed by atoms with Crippen molar-refractivity contribution in [3.05, 3.63) is 99.2 Å². The van der Waals surface area contributed by atoms with Crippen LogP contribution < -0.4 is 5.32 Å². The average Bonchev–Trinajstić information content (AvgIpc) is 3.50. The number of furan rings is 1. The lowest BCUT2D eigenvalue weighted by Crippen LogP contribution is -2.08. The predicted molar refractivity (Wildman–Crippen MR) is 146 cm³/mol. The Morgan fingerprint density at radius 2 is 1.72 bits per heavy atom. The molecular weight excluding hydrogens is 519 g/mol. The van der Waals surface area contributed by atoms with Gasteiger partial charge in [-0.1, -0.05) is 47.8 Å². The van der Waals surface area contributed by atoms with Gasteiger partial charge in [0.25, 0.3) is 0 Å². The van der Waals surface area contributed by atoms with Gasteiger partial charge in [-0.15, -0.1) is 0 Å². The third-order valence-electron chi connectivity index (χ3n) is 5.50. The van der Waals surface area contributed by atoms with Crippen LogP contribution in [-0.2, 0) is 11.2 Å². The minimum atomic E-state index is -0.372. The van der Waals surface area contributed by atoms with Crippen molar-refractivity contribution in [2.75, 3.05) is 5.32 Å². The largest absolute Gasteiger partial charge is 0.457 e. The molecule has 1 N–H and O–H groups in total. The van der Waals surface area contributed by atoms with Gasteiger partial charge >= 0.3 is 0 Å². The maximum absolute atomic E-state index is 12.6. The number of anilines is 1. The van der Waals surface area contributed by atoms with Crippen LogP contribution in [0.4, 0.5) is 5.69 Å². The molecule has 5 rings (SSSR count). The van der Waals surface area contributed by atoms with Gasteiger partial charge in [0, 0.05) is 27.2 Å². The Hall–Kier alpha value is -3.51. The van der Waals surface area contributed by atoms with Gasteiger partial charge in [-0.3, -0.25) is 4.79 Å². The molecule has 2 aromatic heterocycles. The standard InChI is InChI=1S/C28H19Cl3N2O3/c1-2-16-3-8-26-24(11-16)33-28(36-26)17-4-7-22(31)23(14-17)32-27(34)10-6-21-5-9-25(35-21)18-12-19(29)15-20(30)13-18/h3-15H,2H2,1H3,(H,32,34)/b10-6+. The van der Waals surface area contributed by atoms with Gasteiger partial charge in [0.2, 0.25) is 11.8 Å². The molecule has 5 nitrogen and oxygen atoms in total. The minimum absolute atomic E-state index is 0.372. The second-order valence-electron chi connectivity index (χ2n) is 8.05. The summed E-state index contributed by atoms with van der Waals surface area (Å²) in [6.45, 7) is 2.09. The first-order chi connectivity index (χ1) is 17.4. The van der Waals surface area contributed by atoms with Crippen molar-refractivity contribution >= 4 is 63.6 Å². The molecule has 0 aliphatic carbocycles. The van der Waals surface area contributed by atoms with Gasteiger partial charge in [0.05, 0.1) is 10.7 Å². The van der Waals surface area contributed by atoms with Crippen LogP contribution in [-0.4, -0.2) is 10.9 Å². The number of aryl methyl sites for hydroxylation is 1. The van der Waals surface area contributed by atoms with Gasteiger partial charge in [-0.05, 0) is 78.7 Å². The monoisotopic (exact) mass is 536 g/mol. The number of fused-ring (bicyclic) bond motifs is 1. The van der Waals surface area contributed by atoms with Crippen LogP contribution in [0.15, 0.2) is 81.6 Å². The second kappa shape index (κ2) is 10.2. The maximum atomic E-state index is 12.6. The summed E-state index contributed by atoms with van der Waals surface area (Å²) in [5.74, 6) is 1.15. The topological polar surface area (TPSA) is 68.3 Å². The zero-order valence-corrected chi connectivity index (χ0v) is 21.3. The summed E-state index contributed by atoms with van der Waals surface area (Å²) in [7, 11) is 0. The SMILES string of the molecule is CCc1ccc2oc(-c3ccc(Cl)c(NC(=O)/C=C/c4ccc(-c5cc(Cl)cc(Cl)c5)o4)c3)nc2c1. The first-order valence-corrected chi connectivity index (χ1v) is 12.3. The van der Waals surface area contributed by atoms with Crippen LogP contribution in [0.5, 0.6) is 0 Å². The molecule has 0 aliphatic rings. The number of carbonyl (C=O) groups excluding carboxylic acids is 1. The zero-order valence-electron chi connectivity index (χ0n) is 19.0. The van der Waals surface area contributed by atoms with E-state index in [-0.39, 0.29) is 5.91 Å². The van der Waals surface area contributed by atoms with E-state index in [9.17, 15) is 4.79 Å². The van der Waals surface area contributed by atoms with Gasteiger partial charge in [-0.2, -0.15) is 0 Å². The van der Waals surface area contributed by atoms with E-state index in [1.165, 1.54) is 11.6 Å². The van der Waals surface area contributed by atoms with Gasteiger partial charge in [0.1, 0.15) is 17.0 Å². The highest BCUT2D eigenvalue weighted by atomic mass is 35.5. The number of aromatic nitrogens is 1. The summed E-state index contributed by atoms with van der Waals surface area (Å²) in [6, 6.07) is 19.8. The van der Waals surface area contributed by atoms with Crippen molar-refractivity contribution in [3.63, 3.8) is 0 Å². The van der Waals surface area contributed by atoms with Crippen LogP contribution in [0.2, 0.25) is 15.1 Å². The lowest BCUT2D eigenvalue weighted by atomic mass is 10.1. The van der Waals surface area contributed by atoms with E-state index in [1.807, 2.05) is 18.2 Å². The number of carbonyl (C=O) groups is 1. The summed E-state index contributed by atoms with van der Waals surface area (Å²) in [5.41, 5.74) is 4.54. The van der Waals surface area contributed by atoms with Crippen molar-refractivity contribution in [1.82, 2.24) is 4.98 Å². The normalized spacial score (nSPS) is 11.4. The molecule has 1 amide bonds. The van der Waals surface area contributed by atoms with Crippen molar-refractivity contribution in [3.8, 4) is 22.8 Å². The summed E-state index contributed by atoms with van der Waals surface area (Å²) < 4.78 is 11.7. The van der Waals surface area contributed by atoms with E-state index in [1.54, 1.807) is 54.6 Å². The molecule has 36 heavy (non-hydrogen) atoms. The molecule has 0 bridgehead atoms. The fourth-order valence-electron chi connectivity index (χ4n) is 3.70. The molecule has 180 valence electrons. The van der Waals surface area contributed by atoms with Crippen molar-refractivity contribution in [2.45, 2.75) is 13.3 Å². The number of oxazole rings is 1. The molecule has 5 aromatic rings. The molecule has 0 aliphatic heterocycles. The number of amides is 1. The fraction of sp³-hybridized carbons (Fsp3) is 0.0714. The molecule has 0 fully saturated rings. The zero-order chi connectivity index (χ0) is 25.2. The first-order valence-electron chi connectivity index (χ1n) is 11.1. The molecule has 0 spiro atoms. The highest BCUT2D eigenvalue weighted by molar-refractivity contribution is 6.35. The minimum Gasteiger partial charge on any atom is -0.457 e. The molecule has 2 heterocycles. The van der Waals surface area contributed by atoms with Crippen molar-refractivity contribution in [2.24, 2.45) is 0 Å². The molecule has 3 aromatic carbocycles. The van der Waals surface area contributed by atoms with Crippen LogP contribution in [0, 0.1) is 0 Å². The summed E-state index contributed by atoms with van der Waals surface area (Å²) in [5, 5.41) is 4.20. The molecular formula is C28H19Cl3N2O3. The summed E-state index contributed by atoms with van der Waals surface area (Å²) >= 11 is 18.5. The van der Waals surface area contributed by atoms with Crippen LogP contribution in [0.1, 0.15) is 18.2 Å². The van der Waals surface area contributed by atoms with E-state index >= 15 is 0 Å². The Kier molecular flexibility index (Phi) is 6.88. The number of halogens is 3. The molecule has 0 saturated carbocycles. The first kappa shape index (κ1) is 24.2.